The van der Waals surface area contributed by atoms with Crippen molar-refractivity contribution in [1.29, 1.82) is 0 Å². The zero-order valence-electron chi connectivity index (χ0n) is 19.5. The number of halogens is 3. The van der Waals surface area contributed by atoms with Gasteiger partial charge >= 0.3 is 0 Å². The number of benzene rings is 2. The summed E-state index contributed by atoms with van der Waals surface area (Å²) >= 11 is 6.20. The van der Waals surface area contributed by atoms with Crippen molar-refractivity contribution in [3.05, 3.63) is 101 Å². The quantitative estimate of drug-likeness (QED) is 0.383. The van der Waals surface area contributed by atoms with Crippen molar-refractivity contribution in [2.45, 2.75) is 37.6 Å². The predicted octanol–water partition coefficient (Wildman–Crippen LogP) is 6.44. The van der Waals surface area contributed by atoms with Gasteiger partial charge in [-0.3, -0.25) is 9.69 Å². The van der Waals surface area contributed by atoms with Crippen molar-refractivity contribution < 1.29 is 18.3 Å². The summed E-state index contributed by atoms with van der Waals surface area (Å²) in [4.78, 5) is 15.2. The summed E-state index contributed by atoms with van der Waals surface area (Å²) in [5.74, 6) is -0.850. The van der Waals surface area contributed by atoms with Gasteiger partial charge in [-0.05, 0) is 48.2 Å². The van der Waals surface area contributed by atoms with Crippen molar-refractivity contribution in [3.63, 3.8) is 0 Å². The minimum absolute atomic E-state index is 0.0478. The fourth-order valence-electron chi connectivity index (χ4n) is 4.82. The molecule has 5 rings (SSSR count). The fraction of sp³-hybridized carbons (Fsp3) is 0.259. The molecule has 1 aliphatic heterocycles. The molecule has 180 valence electrons. The number of carbonyl (C=O) groups excluding carboxylic acids is 1. The van der Waals surface area contributed by atoms with Gasteiger partial charge in [-0.15, -0.1) is 11.6 Å². The molecule has 1 amide bonds. The van der Waals surface area contributed by atoms with E-state index < -0.39 is 29.0 Å². The molecule has 0 fully saturated rings. The standard InChI is InChI=1S/C27H24ClF2N3O2/c1-15(2)25-22-24(31-33(25)19-8-4-5-10-21(19)35-3)27(34)32(20-9-6-7-18(28)23(20)30)26(22)16-11-13-17(29)14-12-16/h4-6,8-15,18,26H,7H2,1-3H3. The smallest absolute Gasteiger partial charge is 0.280 e. The number of nitrogens with zero attached hydrogens (tertiary/aromatic N) is 3. The molecule has 2 heterocycles. The number of allylic oxidation sites excluding steroid dienone is 3. The molecule has 2 unspecified atom stereocenters. The van der Waals surface area contributed by atoms with Crippen LogP contribution in [0.3, 0.4) is 0 Å². The van der Waals surface area contributed by atoms with Gasteiger partial charge in [0, 0.05) is 5.56 Å². The summed E-state index contributed by atoms with van der Waals surface area (Å²) in [7, 11) is 1.58. The van der Waals surface area contributed by atoms with Gasteiger partial charge in [0.25, 0.3) is 5.91 Å². The van der Waals surface area contributed by atoms with E-state index in [4.69, 9.17) is 21.4 Å². The highest BCUT2D eigenvalue weighted by Gasteiger charge is 2.46. The van der Waals surface area contributed by atoms with Crippen LogP contribution in [-0.2, 0) is 0 Å². The lowest BCUT2D eigenvalue weighted by molar-refractivity contribution is 0.0798. The van der Waals surface area contributed by atoms with Crippen LogP contribution in [0.4, 0.5) is 8.78 Å². The van der Waals surface area contributed by atoms with E-state index in [1.54, 1.807) is 36.1 Å². The van der Waals surface area contributed by atoms with Crippen LogP contribution < -0.4 is 4.74 Å². The molecule has 8 heteroatoms. The molecule has 35 heavy (non-hydrogen) atoms. The lowest BCUT2D eigenvalue weighted by Crippen LogP contribution is -2.31. The highest BCUT2D eigenvalue weighted by atomic mass is 35.5. The molecule has 2 aromatic carbocycles. The average Bonchev–Trinajstić information content (AvgIpc) is 3.37. The topological polar surface area (TPSA) is 47.4 Å². The third kappa shape index (κ3) is 3.74. The maximum atomic E-state index is 15.3. The number of alkyl halides is 1. The molecule has 2 atom stereocenters. The zero-order chi connectivity index (χ0) is 24.9. The molecular weight excluding hydrogens is 472 g/mol. The van der Waals surface area contributed by atoms with Gasteiger partial charge in [0.05, 0.1) is 29.9 Å². The van der Waals surface area contributed by atoms with Gasteiger partial charge in [-0.2, -0.15) is 5.10 Å². The summed E-state index contributed by atoms with van der Waals surface area (Å²) in [6, 6.07) is 12.6. The van der Waals surface area contributed by atoms with Gasteiger partial charge in [0.2, 0.25) is 0 Å². The molecule has 0 N–H and O–H groups in total. The summed E-state index contributed by atoms with van der Waals surface area (Å²) in [5.41, 5.74) is 3.11. The lowest BCUT2D eigenvalue weighted by atomic mass is 9.94. The van der Waals surface area contributed by atoms with E-state index in [0.29, 0.717) is 29.0 Å². The Morgan fingerprint density at radius 3 is 2.51 bits per heavy atom. The lowest BCUT2D eigenvalue weighted by Gasteiger charge is -2.30. The molecule has 3 aromatic rings. The van der Waals surface area contributed by atoms with Crippen LogP contribution in [0.2, 0.25) is 0 Å². The Morgan fingerprint density at radius 2 is 1.83 bits per heavy atom. The van der Waals surface area contributed by atoms with E-state index in [2.05, 4.69) is 0 Å². The minimum atomic E-state index is -0.859. The van der Waals surface area contributed by atoms with Crippen molar-refractivity contribution >= 4 is 17.5 Å². The van der Waals surface area contributed by atoms with Crippen molar-refractivity contribution in [2.24, 2.45) is 0 Å². The van der Waals surface area contributed by atoms with Crippen LogP contribution in [0.1, 0.15) is 59.5 Å². The number of para-hydroxylation sites is 2. The number of aromatic nitrogens is 2. The van der Waals surface area contributed by atoms with Crippen LogP contribution in [0, 0.1) is 5.82 Å². The molecule has 1 aromatic heterocycles. The Bertz CT molecular complexity index is 1360. The number of methoxy groups -OCH3 is 1. The molecule has 0 bridgehead atoms. The minimum Gasteiger partial charge on any atom is -0.494 e. The molecular formula is C27H24ClF2N3O2. The molecule has 5 nitrogen and oxygen atoms in total. The van der Waals surface area contributed by atoms with E-state index in [-0.39, 0.29) is 17.3 Å². The Labute approximate surface area is 207 Å². The third-order valence-electron chi connectivity index (χ3n) is 6.36. The van der Waals surface area contributed by atoms with E-state index >= 15 is 4.39 Å². The highest BCUT2D eigenvalue weighted by Crippen LogP contribution is 2.47. The number of amides is 1. The first-order chi connectivity index (χ1) is 16.8. The highest BCUT2D eigenvalue weighted by molar-refractivity contribution is 6.22. The van der Waals surface area contributed by atoms with Gasteiger partial charge in [-0.25, -0.2) is 13.5 Å². The summed E-state index contributed by atoms with van der Waals surface area (Å²) < 4.78 is 36.3. The number of hydrogen-bond acceptors (Lipinski definition) is 3. The number of rotatable bonds is 5. The molecule has 2 aliphatic rings. The molecule has 0 saturated carbocycles. The third-order valence-corrected chi connectivity index (χ3v) is 6.73. The molecule has 0 saturated heterocycles. The second-order valence-corrected chi connectivity index (χ2v) is 9.38. The van der Waals surface area contributed by atoms with Crippen molar-refractivity contribution in [2.75, 3.05) is 7.11 Å². The van der Waals surface area contributed by atoms with E-state index in [0.717, 1.165) is 5.69 Å². The second kappa shape index (κ2) is 8.96. The maximum Gasteiger partial charge on any atom is 0.280 e. The second-order valence-electron chi connectivity index (χ2n) is 8.85. The largest absolute Gasteiger partial charge is 0.494 e. The van der Waals surface area contributed by atoms with E-state index in [9.17, 15) is 9.18 Å². The summed E-state index contributed by atoms with van der Waals surface area (Å²) in [6.07, 6.45) is 3.67. The van der Waals surface area contributed by atoms with Crippen molar-refractivity contribution in [3.8, 4) is 11.4 Å². The monoisotopic (exact) mass is 495 g/mol. The zero-order valence-corrected chi connectivity index (χ0v) is 20.3. The summed E-state index contributed by atoms with van der Waals surface area (Å²) in [5, 5.41) is 3.86. The molecule has 1 aliphatic carbocycles. The van der Waals surface area contributed by atoms with Crippen LogP contribution in [-0.4, -0.2) is 33.1 Å². The molecule has 0 spiro atoms. The Morgan fingerprint density at radius 1 is 1.11 bits per heavy atom. The molecule has 0 radical (unpaired) electrons. The van der Waals surface area contributed by atoms with E-state index in [1.807, 2.05) is 38.1 Å². The normalized spacial score (nSPS) is 19.6. The Kier molecular flexibility index (Phi) is 5.97. The first-order valence-corrected chi connectivity index (χ1v) is 11.8. The fourth-order valence-corrected chi connectivity index (χ4v) is 5.04. The van der Waals surface area contributed by atoms with Gasteiger partial charge < -0.3 is 4.74 Å². The van der Waals surface area contributed by atoms with Gasteiger partial charge in [-0.1, -0.05) is 44.2 Å². The van der Waals surface area contributed by atoms with Crippen LogP contribution in [0.15, 0.2) is 72.2 Å². The number of fused-ring (bicyclic) bond motifs is 1. The van der Waals surface area contributed by atoms with Gasteiger partial charge in [0.15, 0.2) is 5.69 Å². The maximum absolute atomic E-state index is 15.3. The van der Waals surface area contributed by atoms with E-state index in [1.165, 1.54) is 17.0 Å². The van der Waals surface area contributed by atoms with Crippen LogP contribution >= 0.6 is 11.6 Å². The van der Waals surface area contributed by atoms with Crippen LogP contribution in [0.25, 0.3) is 5.69 Å². The first kappa shape index (κ1) is 23.3. The SMILES string of the molecule is COc1ccccc1-n1nc2c(c1C(C)C)C(c1ccc(F)cc1)N(C1=C(F)C(Cl)CC=C1)C2=O. The average molecular weight is 496 g/mol. The number of hydrogen-bond donors (Lipinski definition) is 0. The number of ether oxygens (including phenoxy) is 1. The predicted molar refractivity (Wildman–Crippen MR) is 130 cm³/mol. The van der Waals surface area contributed by atoms with Gasteiger partial charge in [0.1, 0.15) is 23.1 Å². The van der Waals surface area contributed by atoms with Crippen molar-refractivity contribution in [1.82, 2.24) is 14.7 Å². The first-order valence-electron chi connectivity index (χ1n) is 11.4. The Hall–Kier alpha value is -3.45. The number of carbonyl (C=O) groups is 1. The Balaban J connectivity index is 1.78. The summed E-state index contributed by atoms with van der Waals surface area (Å²) in [6.45, 7) is 4.01. The van der Waals surface area contributed by atoms with Crippen LogP contribution in [0.5, 0.6) is 5.75 Å².